The Morgan fingerprint density at radius 3 is 2.71 bits per heavy atom. The molecule has 0 spiro atoms. The number of carbonyl (C=O) groups excluding carboxylic acids is 1. The molecule has 0 aliphatic carbocycles. The van der Waals surface area contributed by atoms with Gasteiger partial charge < -0.3 is 5.32 Å². The van der Waals surface area contributed by atoms with Crippen molar-refractivity contribution in [2.75, 3.05) is 18.8 Å². The second-order valence-corrected chi connectivity index (χ2v) is 5.24. The van der Waals surface area contributed by atoms with E-state index in [-0.39, 0.29) is 18.1 Å². The first-order chi connectivity index (χ1) is 7.94. The standard InChI is InChI=1S/C8H15N5O3S/c1-3-10-17(15,16)5-4-9-8(14)7-11-6(2)12-13-7/h10H,3-5H2,1-2H3,(H,9,14)(H,11,12,13). The van der Waals surface area contributed by atoms with Crippen LogP contribution in [-0.4, -0.2) is 48.3 Å². The first-order valence-electron chi connectivity index (χ1n) is 5.09. The van der Waals surface area contributed by atoms with Gasteiger partial charge >= 0.3 is 0 Å². The summed E-state index contributed by atoms with van der Waals surface area (Å²) in [6.07, 6.45) is 0. The quantitative estimate of drug-likeness (QED) is 0.593. The number of sulfonamides is 1. The highest BCUT2D eigenvalue weighted by atomic mass is 32.2. The van der Waals surface area contributed by atoms with Crippen molar-refractivity contribution in [1.82, 2.24) is 25.2 Å². The summed E-state index contributed by atoms with van der Waals surface area (Å²) in [6.45, 7) is 3.70. The summed E-state index contributed by atoms with van der Waals surface area (Å²) in [6, 6.07) is 0. The molecular formula is C8H15N5O3S. The summed E-state index contributed by atoms with van der Waals surface area (Å²) in [7, 11) is -3.32. The maximum atomic E-state index is 11.4. The van der Waals surface area contributed by atoms with Crippen LogP contribution in [0.3, 0.4) is 0 Å². The predicted octanol–water partition coefficient (Wildman–Crippen LogP) is -1.22. The van der Waals surface area contributed by atoms with Crippen LogP contribution in [0.15, 0.2) is 0 Å². The highest BCUT2D eigenvalue weighted by molar-refractivity contribution is 7.89. The molecule has 0 radical (unpaired) electrons. The van der Waals surface area contributed by atoms with Crippen LogP contribution in [0.5, 0.6) is 0 Å². The average molecular weight is 261 g/mol. The van der Waals surface area contributed by atoms with Gasteiger partial charge in [-0.25, -0.2) is 18.1 Å². The molecule has 8 nitrogen and oxygen atoms in total. The van der Waals surface area contributed by atoms with Crippen molar-refractivity contribution in [3.05, 3.63) is 11.6 Å². The lowest BCUT2D eigenvalue weighted by atomic mass is 10.5. The number of nitrogens with one attached hydrogen (secondary N) is 3. The van der Waals surface area contributed by atoms with E-state index in [1.165, 1.54) is 0 Å². The van der Waals surface area contributed by atoms with E-state index in [0.29, 0.717) is 12.4 Å². The Balaban J connectivity index is 2.40. The van der Waals surface area contributed by atoms with E-state index in [0.717, 1.165) is 0 Å². The molecule has 0 saturated heterocycles. The van der Waals surface area contributed by atoms with E-state index < -0.39 is 15.9 Å². The maximum absolute atomic E-state index is 11.4. The molecule has 0 bridgehead atoms. The van der Waals surface area contributed by atoms with Gasteiger partial charge in [0.2, 0.25) is 15.8 Å². The minimum atomic E-state index is -3.32. The first kappa shape index (κ1) is 13.6. The largest absolute Gasteiger partial charge is 0.348 e. The van der Waals surface area contributed by atoms with Crippen LogP contribution in [0.2, 0.25) is 0 Å². The van der Waals surface area contributed by atoms with Gasteiger partial charge in [-0.1, -0.05) is 6.92 Å². The Kier molecular flexibility index (Phi) is 4.58. The van der Waals surface area contributed by atoms with Crippen molar-refractivity contribution in [1.29, 1.82) is 0 Å². The van der Waals surface area contributed by atoms with Crippen molar-refractivity contribution >= 4 is 15.9 Å². The average Bonchev–Trinajstić information content (AvgIpc) is 2.64. The lowest BCUT2D eigenvalue weighted by molar-refractivity contribution is 0.0946. The fraction of sp³-hybridized carbons (Fsp3) is 0.625. The number of carbonyl (C=O) groups is 1. The smallest absolute Gasteiger partial charge is 0.290 e. The van der Waals surface area contributed by atoms with Gasteiger partial charge in [-0.3, -0.25) is 9.89 Å². The van der Waals surface area contributed by atoms with E-state index in [1.807, 2.05) is 0 Å². The Morgan fingerprint density at radius 2 is 2.18 bits per heavy atom. The van der Waals surface area contributed by atoms with Crippen LogP contribution in [0.1, 0.15) is 23.4 Å². The van der Waals surface area contributed by atoms with E-state index in [4.69, 9.17) is 0 Å². The van der Waals surface area contributed by atoms with Gasteiger partial charge in [0.25, 0.3) is 5.91 Å². The van der Waals surface area contributed by atoms with Gasteiger partial charge in [0.15, 0.2) is 0 Å². The monoisotopic (exact) mass is 261 g/mol. The molecule has 3 N–H and O–H groups in total. The van der Waals surface area contributed by atoms with Crippen molar-refractivity contribution in [2.45, 2.75) is 13.8 Å². The lowest BCUT2D eigenvalue weighted by Crippen LogP contribution is -2.34. The fourth-order valence-corrected chi connectivity index (χ4v) is 2.07. The molecule has 0 aliphatic rings. The zero-order valence-electron chi connectivity index (χ0n) is 9.65. The molecule has 9 heteroatoms. The van der Waals surface area contributed by atoms with E-state index in [1.54, 1.807) is 13.8 Å². The van der Waals surface area contributed by atoms with Crippen molar-refractivity contribution in [3.8, 4) is 0 Å². The Hall–Kier alpha value is -1.48. The molecule has 0 aromatic carbocycles. The molecule has 1 aromatic heterocycles. The summed E-state index contributed by atoms with van der Waals surface area (Å²) in [5.74, 6) is -0.143. The number of hydrogen-bond acceptors (Lipinski definition) is 5. The minimum absolute atomic E-state index is 0.00310. The van der Waals surface area contributed by atoms with Crippen LogP contribution < -0.4 is 10.0 Å². The normalized spacial score (nSPS) is 11.4. The number of rotatable bonds is 6. The molecule has 96 valence electrons. The molecule has 1 rings (SSSR count). The third-order valence-corrected chi connectivity index (χ3v) is 3.29. The van der Waals surface area contributed by atoms with Crippen molar-refractivity contribution in [3.63, 3.8) is 0 Å². The summed E-state index contributed by atoms with van der Waals surface area (Å²) in [4.78, 5) is 15.2. The van der Waals surface area contributed by atoms with Gasteiger partial charge in [0.05, 0.1) is 5.75 Å². The Morgan fingerprint density at radius 1 is 1.47 bits per heavy atom. The number of hydrogen-bond donors (Lipinski definition) is 3. The van der Waals surface area contributed by atoms with E-state index >= 15 is 0 Å². The van der Waals surface area contributed by atoms with Gasteiger partial charge in [-0.05, 0) is 6.92 Å². The fourth-order valence-electron chi connectivity index (χ4n) is 1.11. The molecule has 0 saturated carbocycles. The highest BCUT2D eigenvalue weighted by Gasteiger charge is 2.13. The zero-order valence-corrected chi connectivity index (χ0v) is 10.5. The van der Waals surface area contributed by atoms with Crippen LogP contribution >= 0.6 is 0 Å². The zero-order chi connectivity index (χ0) is 12.9. The summed E-state index contributed by atoms with van der Waals surface area (Å²) in [5, 5.41) is 8.60. The summed E-state index contributed by atoms with van der Waals surface area (Å²) in [5.41, 5.74) is 0. The van der Waals surface area contributed by atoms with Crippen LogP contribution in [0.4, 0.5) is 0 Å². The van der Waals surface area contributed by atoms with Gasteiger partial charge in [0, 0.05) is 13.1 Å². The van der Waals surface area contributed by atoms with E-state index in [9.17, 15) is 13.2 Å². The highest BCUT2D eigenvalue weighted by Crippen LogP contribution is 1.90. The van der Waals surface area contributed by atoms with Crippen molar-refractivity contribution in [2.24, 2.45) is 0 Å². The van der Waals surface area contributed by atoms with Gasteiger partial charge in [0.1, 0.15) is 5.82 Å². The first-order valence-corrected chi connectivity index (χ1v) is 6.74. The molecular weight excluding hydrogens is 246 g/mol. The van der Waals surface area contributed by atoms with Crippen molar-refractivity contribution < 1.29 is 13.2 Å². The van der Waals surface area contributed by atoms with Crippen LogP contribution in [0, 0.1) is 6.92 Å². The third-order valence-electron chi connectivity index (χ3n) is 1.82. The Bertz CT molecular complexity index is 481. The third kappa shape index (κ3) is 4.49. The van der Waals surface area contributed by atoms with Crippen LogP contribution in [0.25, 0.3) is 0 Å². The second kappa shape index (κ2) is 5.73. The summed E-state index contributed by atoms with van der Waals surface area (Å²) >= 11 is 0. The number of aromatic nitrogens is 3. The number of H-pyrrole nitrogens is 1. The SMILES string of the molecule is CCNS(=O)(=O)CCNC(=O)c1n[nH]c(C)n1. The molecule has 17 heavy (non-hydrogen) atoms. The second-order valence-electron chi connectivity index (χ2n) is 3.32. The molecule has 0 fully saturated rings. The molecule has 0 unspecified atom stereocenters. The molecule has 0 aliphatic heterocycles. The molecule has 1 aromatic rings. The van der Waals surface area contributed by atoms with Crippen LogP contribution in [-0.2, 0) is 10.0 Å². The topological polar surface area (TPSA) is 117 Å². The predicted molar refractivity (Wildman–Crippen MR) is 60.9 cm³/mol. The minimum Gasteiger partial charge on any atom is -0.348 e. The maximum Gasteiger partial charge on any atom is 0.290 e. The Labute approximate surface area is 99.3 Å². The van der Waals surface area contributed by atoms with E-state index in [2.05, 4.69) is 25.2 Å². The van der Waals surface area contributed by atoms with Gasteiger partial charge in [-0.2, -0.15) is 0 Å². The number of nitrogens with zero attached hydrogens (tertiary/aromatic N) is 2. The molecule has 1 amide bonds. The number of aromatic amines is 1. The summed E-state index contributed by atoms with van der Waals surface area (Å²) < 4.78 is 24.8. The van der Waals surface area contributed by atoms with Gasteiger partial charge in [-0.15, -0.1) is 5.10 Å². The number of aryl methyl sites for hydroxylation is 1. The molecule has 1 heterocycles. The molecule has 0 atom stereocenters. The lowest BCUT2D eigenvalue weighted by Gasteiger charge is -2.04. The number of amides is 1.